The Kier molecular flexibility index (Phi) is 3.02. The molecule has 0 heterocycles. The van der Waals surface area contributed by atoms with E-state index in [0.29, 0.717) is 18.0 Å². The highest BCUT2D eigenvalue weighted by Gasteiger charge is 2.02. The fraction of sp³-hybridized carbons (Fsp3) is 0.250. The van der Waals surface area contributed by atoms with Crippen LogP contribution in [0.2, 0.25) is 0 Å². The van der Waals surface area contributed by atoms with Crippen molar-refractivity contribution in [3.8, 4) is 5.75 Å². The zero-order valence-corrected chi connectivity index (χ0v) is 8.96. The predicted octanol–water partition coefficient (Wildman–Crippen LogP) is 1.85. The van der Waals surface area contributed by atoms with Gasteiger partial charge in [-0.1, -0.05) is 0 Å². The lowest BCUT2D eigenvalue weighted by Gasteiger charge is -2.07. The van der Waals surface area contributed by atoms with E-state index in [1.165, 1.54) is 0 Å². The van der Waals surface area contributed by atoms with Gasteiger partial charge in [0, 0.05) is 9.64 Å². The SMILES string of the molecule is CCOc1cc(N)c(N)c(I)c1. The number of nitrogen functional groups attached to an aromatic ring is 2. The first-order valence-corrected chi connectivity index (χ1v) is 4.70. The van der Waals surface area contributed by atoms with Crippen molar-refractivity contribution in [3.63, 3.8) is 0 Å². The second-order valence-corrected chi connectivity index (χ2v) is 3.50. The lowest BCUT2D eigenvalue weighted by Crippen LogP contribution is -1.99. The molecular weight excluding hydrogens is 267 g/mol. The summed E-state index contributed by atoms with van der Waals surface area (Å²) in [7, 11) is 0. The topological polar surface area (TPSA) is 61.3 Å². The van der Waals surface area contributed by atoms with Crippen molar-refractivity contribution in [2.75, 3.05) is 18.1 Å². The average molecular weight is 278 g/mol. The zero-order valence-electron chi connectivity index (χ0n) is 6.80. The highest BCUT2D eigenvalue weighted by atomic mass is 127. The molecule has 66 valence electrons. The number of ether oxygens (including phenoxy) is 1. The summed E-state index contributed by atoms with van der Waals surface area (Å²) in [5.74, 6) is 0.772. The maximum absolute atomic E-state index is 5.66. The Morgan fingerprint density at radius 3 is 2.58 bits per heavy atom. The Morgan fingerprint density at radius 1 is 1.42 bits per heavy atom. The van der Waals surface area contributed by atoms with Gasteiger partial charge in [-0.25, -0.2) is 0 Å². The van der Waals surface area contributed by atoms with E-state index in [0.717, 1.165) is 9.32 Å². The van der Waals surface area contributed by atoms with Crippen molar-refractivity contribution in [1.82, 2.24) is 0 Å². The van der Waals surface area contributed by atoms with E-state index in [1.807, 2.05) is 13.0 Å². The lowest BCUT2D eigenvalue weighted by atomic mass is 10.2. The minimum absolute atomic E-state index is 0.574. The van der Waals surface area contributed by atoms with Crippen molar-refractivity contribution >= 4 is 34.0 Å². The van der Waals surface area contributed by atoms with Crippen LogP contribution in [0.15, 0.2) is 12.1 Å². The second-order valence-electron chi connectivity index (χ2n) is 2.34. The summed E-state index contributed by atoms with van der Waals surface area (Å²) in [6, 6.07) is 3.61. The highest BCUT2D eigenvalue weighted by molar-refractivity contribution is 14.1. The zero-order chi connectivity index (χ0) is 9.14. The Balaban J connectivity index is 3.04. The molecule has 0 saturated heterocycles. The minimum atomic E-state index is 0.574. The number of halogens is 1. The van der Waals surface area contributed by atoms with Crippen LogP contribution in [0.1, 0.15) is 6.92 Å². The number of rotatable bonds is 2. The van der Waals surface area contributed by atoms with Gasteiger partial charge < -0.3 is 16.2 Å². The molecule has 0 radical (unpaired) electrons. The molecule has 0 aliphatic heterocycles. The molecule has 1 aromatic rings. The summed E-state index contributed by atoms with van der Waals surface area (Å²) in [5, 5.41) is 0. The average Bonchev–Trinajstić information content (AvgIpc) is 2.01. The van der Waals surface area contributed by atoms with E-state index in [4.69, 9.17) is 16.2 Å². The Labute approximate surface area is 85.2 Å². The Morgan fingerprint density at radius 2 is 2.08 bits per heavy atom. The first-order valence-electron chi connectivity index (χ1n) is 3.62. The summed E-state index contributed by atoms with van der Waals surface area (Å²) in [6.45, 7) is 2.57. The largest absolute Gasteiger partial charge is 0.494 e. The summed E-state index contributed by atoms with van der Waals surface area (Å²) < 4.78 is 6.21. The Hall–Kier alpha value is -0.650. The molecule has 0 aromatic heterocycles. The van der Waals surface area contributed by atoms with E-state index in [1.54, 1.807) is 6.07 Å². The van der Waals surface area contributed by atoms with Crippen LogP contribution in [0.3, 0.4) is 0 Å². The van der Waals surface area contributed by atoms with E-state index in [2.05, 4.69) is 22.6 Å². The second kappa shape index (κ2) is 3.84. The van der Waals surface area contributed by atoms with Gasteiger partial charge in [-0.3, -0.25) is 0 Å². The van der Waals surface area contributed by atoms with Crippen LogP contribution in [0, 0.1) is 3.57 Å². The predicted molar refractivity (Wildman–Crippen MR) is 59.2 cm³/mol. The van der Waals surface area contributed by atoms with Gasteiger partial charge in [-0.05, 0) is 35.6 Å². The van der Waals surface area contributed by atoms with Crippen molar-refractivity contribution in [2.45, 2.75) is 6.92 Å². The molecule has 0 atom stereocenters. The Bertz CT molecular complexity index is 265. The third kappa shape index (κ3) is 1.94. The third-order valence-corrected chi connectivity index (χ3v) is 2.34. The van der Waals surface area contributed by atoms with Gasteiger partial charge in [0.25, 0.3) is 0 Å². The standard InChI is InChI=1S/C8H11IN2O/c1-2-12-5-3-6(9)8(11)7(10)4-5/h3-4H,2,10-11H2,1H3. The molecule has 0 spiro atoms. The quantitative estimate of drug-likeness (QED) is 0.641. The summed E-state index contributed by atoms with van der Waals surface area (Å²) >= 11 is 2.13. The van der Waals surface area contributed by atoms with Gasteiger partial charge in [0.05, 0.1) is 18.0 Å². The smallest absolute Gasteiger partial charge is 0.122 e. The summed E-state index contributed by atoms with van der Waals surface area (Å²) in [6.07, 6.45) is 0. The van der Waals surface area contributed by atoms with Crippen LogP contribution >= 0.6 is 22.6 Å². The molecule has 3 nitrogen and oxygen atoms in total. The molecule has 0 aliphatic rings. The van der Waals surface area contributed by atoms with Crippen LogP contribution in [0.5, 0.6) is 5.75 Å². The molecule has 12 heavy (non-hydrogen) atoms. The molecule has 4 heteroatoms. The van der Waals surface area contributed by atoms with Crippen LogP contribution in [0.25, 0.3) is 0 Å². The molecule has 0 aliphatic carbocycles. The van der Waals surface area contributed by atoms with E-state index < -0.39 is 0 Å². The first-order chi connectivity index (χ1) is 5.65. The molecule has 0 unspecified atom stereocenters. The fourth-order valence-electron chi connectivity index (χ4n) is 0.863. The minimum Gasteiger partial charge on any atom is -0.494 e. The normalized spacial score (nSPS) is 9.83. The van der Waals surface area contributed by atoms with Crippen molar-refractivity contribution in [1.29, 1.82) is 0 Å². The third-order valence-electron chi connectivity index (χ3n) is 1.45. The molecule has 0 amide bonds. The van der Waals surface area contributed by atoms with Crippen LogP contribution < -0.4 is 16.2 Å². The van der Waals surface area contributed by atoms with Gasteiger partial charge in [0.2, 0.25) is 0 Å². The van der Waals surface area contributed by atoms with Gasteiger partial charge >= 0.3 is 0 Å². The number of hydrogen-bond donors (Lipinski definition) is 2. The molecule has 0 saturated carbocycles. The monoisotopic (exact) mass is 278 g/mol. The highest BCUT2D eigenvalue weighted by Crippen LogP contribution is 2.27. The lowest BCUT2D eigenvalue weighted by molar-refractivity contribution is 0.340. The van der Waals surface area contributed by atoms with E-state index >= 15 is 0 Å². The molecule has 1 rings (SSSR count). The van der Waals surface area contributed by atoms with Crippen LogP contribution in [0.4, 0.5) is 11.4 Å². The van der Waals surface area contributed by atoms with E-state index in [9.17, 15) is 0 Å². The number of nitrogens with two attached hydrogens (primary N) is 2. The van der Waals surface area contributed by atoms with E-state index in [-0.39, 0.29) is 0 Å². The molecule has 4 N–H and O–H groups in total. The van der Waals surface area contributed by atoms with Gasteiger partial charge in [0.1, 0.15) is 5.75 Å². The first kappa shape index (κ1) is 9.44. The van der Waals surface area contributed by atoms with Gasteiger partial charge in [-0.15, -0.1) is 0 Å². The summed E-state index contributed by atoms with van der Waals surface area (Å²) in [4.78, 5) is 0. The maximum Gasteiger partial charge on any atom is 0.122 e. The number of hydrogen-bond acceptors (Lipinski definition) is 3. The van der Waals surface area contributed by atoms with Crippen molar-refractivity contribution in [2.24, 2.45) is 0 Å². The number of benzene rings is 1. The van der Waals surface area contributed by atoms with Gasteiger partial charge in [-0.2, -0.15) is 0 Å². The number of anilines is 2. The van der Waals surface area contributed by atoms with Crippen LogP contribution in [-0.4, -0.2) is 6.61 Å². The molecular formula is C8H11IN2O. The van der Waals surface area contributed by atoms with Gasteiger partial charge in [0.15, 0.2) is 0 Å². The molecule has 0 bridgehead atoms. The molecule has 0 fully saturated rings. The maximum atomic E-state index is 5.66. The van der Waals surface area contributed by atoms with Crippen molar-refractivity contribution < 1.29 is 4.74 Å². The fourth-order valence-corrected chi connectivity index (χ4v) is 1.48. The summed E-state index contributed by atoms with van der Waals surface area (Å²) in [5.41, 5.74) is 12.5. The molecule has 1 aromatic carbocycles. The van der Waals surface area contributed by atoms with Crippen LogP contribution in [-0.2, 0) is 0 Å². The van der Waals surface area contributed by atoms with Crippen molar-refractivity contribution in [3.05, 3.63) is 15.7 Å².